The standard InChI is InChI=1S/C33H31NO6S/c1-21-28(20-41-29-10-6-5-9-27(29)32(37)38)39-33(40-30(21)23-13-11-22(19-35)12-14-23)25-15-17-26(18-16-25)34-31(36)24-7-3-2-4-8-24/h2-18,21,28,30,33,35H,19-20H2,1H3,(H,34,36)(H,37,38). The van der Waals surface area contributed by atoms with Crippen molar-refractivity contribution in [2.45, 2.75) is 36.9 Å². The molecule has 7 nitrogen and oxygen atoms in total. The number of benzene rings is 4. The molecule has 3 N–H and O–H groups in total. The van der Waals surface area contributed by atoms with Crippen LogP contribution in [0.3, 0.4) is 0 Å². The Morgan fingerprint density at radius 3 is 2.17 bits per heavy atom. The predicted octanol–water partition coefficient (Wildman–Crippen LogP) is 6.71. The third-order valence-corrected chi connectivity index (χ3v) is 8.28. The van der Waals surface area contributed by atoms with Crippen molar-refractivity contribution in [3.63, 3.8) is 0 Å². The summed E-state index contributed by atoms with van der Waals surface area (Å²) in [7, 11) is 0. The molecule has 41 heavy (non-hydrogen) atoms. The van der Waals surface area contributed by atoms with Crippen LogP contribution in [0.25, 0.3) is 0 Å². The second-order valence-corrected chi connectivity index (χ2v) is 10.9. The lowest BCUT2D eigenvalue weighted by atomic mass is 9.91. The minimum atomic E-state index is -0.965. The molecule has 0 aromatic heterocycles. The zero-order valence-electron chi connectivity index (χ0n) is 22.5. The molecule has 5 rings (SSSR count). The fourth-order valence-corrected chi connectivity index (χ4v) is 5.98. The van der Waals surface area contributed by atoms with Gasteiger partial charge in [-0.1, -0.05) is 73.7 Å². The van der Waals surface area contributed by atoms with Crippen molar-refractivity contribution in [2.24, 2.45) is 5.92 Å². The molecule has 1 saturated heterocycles. The van der Waals surface area contributed by atoms with Gasteiger partial charge in [0.15, 0.2) is 6.29 Å². The fourth-order valence-electron chi connectivity index (χ4n) is 4.77. The third kappa shape index (κ3) is 6.86. The Hall–Kier alpha value is -3.95. The topological polar surface area (TPSA) is 105 Å². The van der Waals surface area contributed by atoms with Gasteiger partial charge >= 0.3 is 5.97 Å². The van der Waals surface area contributed by atoms with E-state index in [4.69, 9.17) is 9.47 Å². The Morgan fingerprint density at radius 2 is 1.49 bits per heavy atom. The van der Waals surface area contributed by atoms with Crippen molar-refractivity contribution >= 4 is 29.3 Å². The first-order valence-electron chi connectivity index (χ1n) is 13.3. The van der Waals surface area contributed by atoms with E-state index in [9.17, 15) is 19.8 Å². The molecule has 0 aliphatic carbocycles. The number of carboxylic acids is 1. The van der Waals surface area contributed by atoms with Crippen LogP contribution in [0.5, 0.6) is 0 Å². The number of anilines is 1. The van der Waals surface area contributed by atoms with Crippen LogP contribution in [-0.2, 0) is 16.1 Å². The van der Waals surface area contributed by atoms with Gasteiger partial charge in [0.25, 0.3) is 5.91 Å². The zero-order valence-corrected chi connectivity index (χ0v) is 23.3. The molecule has 8 heteroatoms. The van der Waals surface area contributed by atoms with E-state index >= 15 is 0 Å². The first-order valence-corrected chi connectivity index (χ1v) is 14.3. The lowest BCUT2D eigenvalue weighted by Gasteiger charge is -2.41. The van der Waals surface area contributed by atoms with Crippen molar-refractivity contribution in [3.05, 3.63) is 131 Å². The largest absolute Gasteiger partial charge is 0.478 e. The van der Waals surface area contributed by atoms with Crippen molar-refractivity contribution in [1.82, 2.24) is 0 Å². The summed E-state index contributed by atoms with van der Waals surface area (Å²) in [4.78, 5) is 25.0. The summed E-state index contributed by atoms with van der Waals surface area (Å²) in [6, 6.07) is 31.0. The highest BCUT2D eigenvalue weighted by Crippen LogP contribution is 2.43. The van der Waals surface area contributed by atoms with Gasteiger partial charge in [0, 0.05) is 33.4 Å². The molecule has 4 unspecified atom stereocenters. The van der Waals surface area contributed by atoms with Crippen molar-refractivity contribution < 1.29 is 29.3 Å². The van der Waals surface area contributed by atoms with E-state index in [0.29, 0.717) is 21.9 Å². The normalized spacial score (nSPS) is 20.3. The predicted molar refractivity (Wildman–Crippen MR) is 158 cm³/mol. The summed E-state index contributed by atoms with van der Waals surface area (Å²) in [5, 5.41) is 22.0. The Labute approximate surface area is 243 Å². The number of carbonyl (C=O) groups excluding carboxylic acids is 1. The van der Waals surface area contributed by atoms with Crippen molar-refractivity contribution in [2.75, 3.05) is 11.1 Å². The van der Waals surface area contributed by atoms with Gasteiger partial charge in [-0.3, -0.25) is 4.79 Å². The highest BCUT2D eigenvalue weighted by Gasteiger charge is 2.38. The van der Waals surface area contributed by atoms with Crippen molar-refractivity contribution in [3.8, 4) is 0 Å². The summed E-state index contributed by atoms with van der Waals surface area (Å²) in [6.45, 7) is 2.03. The number of thioether (sulfide) groups is 1. The summed E-state index contributed by atoms with van der Waals surface area (Å²) in [6.07, 6.45) is -1.22. The molecule has 1 aliphatic rings. The lowest BCUT2D eigenvalue weighted by molar-refractivity contribution is -0.268. The smallest absolute Gasteiger partial charge is 0.336 e. The molecular weight excluding hydrogens is 538 g/mol. The molecule has 0 radical (unpaired) electrons. The van der Waals surface area contributed by atoms with E-state index < -0.39 is 12.3 Å². The molecule has 1 aliphatic heterocycles. The van der Waals surface area contributed by atoms with Crippen LogP contribution < -0.4 is 5.32 Å². The Bertz CT molecular complexity index is 1480. The molecule has 4 aromatic carbocycles. The second-order valence-electron chi connectivity index (χ2n) is 9.88. The van der Waals surface area contributed by atoms with Gasteiger partial charge in [-0.15, -0.1) is 11.8 Å². The molecule has 1 fully saturated rings. The average Bonchev–Trinajstić information content (AvgIpc) is 3.01. The average molecular weight is 570 g/mol. The lowest BCUT2D eigenvalue weighted by Crippen LogP contribution is -2.38. The number of rotatable bonds is 9. The van der Waals surface area contributed by atoms with Crippen molar-refractivity contribution in [1.29, 1.82) is 0 Å². The van der Waals surface area contributed by atoms with Crippen LogP contribution in [0.15, 0.2) is 108 Å². The highest BCUT2D eigenvalue weighted by molar-refractivity contribution is 7.99. The monoisotopic (exact) mass is 569 g/mol. The van der Waals surface area contributed by atoms with E-state index in [1.807, 2.05) is 78.9 Å². The number of ether oxygens (including phenoxy) is 2. The van der Waals surface area contributed by atoms with Crippen LogP contribution in [0.1, 0.15) is 56.7 Å². The van der Waals surface area contributed by atoms with Gasteiger partial charge in [0.1, 0.15) is 0 Å². The van der Waals surface area contributed by atoms with Gasteiger partial charge in [-0.05, 0) is 47.5 Å². The van der Waals surface area contributed by atoms with Gasteiger partial charge in [-0.2, -0.15) is 0 Å². The molecule has 210 valence electrons. The molecule has 1 heterocycles. The Kier molecular flexibility index (Phi) is 9.16. The van der Waals surface area contributed by atoms with Crippen LogP contribution in [0.2, 0.25) is 0 Å². The number of aromatic carboxylic acids is 1. The summed E-state index contributed by atoms with van der Waals surface area (Å²) < 4.78 is 13.0. The number of hydrogen-bond acceptors (Lipinski definition) is 6. The number of hydrogen-bond donors (Lipinski definition) is 3. The van der Waals surface area contributed by atoms with Gasteiger partial charge < -0.3 is 25.0 Å². The molecule has 0 bridgehead atoms. The summed E-state index contributed by atoms with van der Waals surface area (Å²) >= 11 is 1.45. The Balaban J connectivity index is 1.36. The van der Waals surface area contributed by atoms with Crippen LogP contribution in [0.4, 0.5) is 5.69 Å². The SMILES string of the molecule is CC1C(CSc2ccccc2C(=O)O)OC(c2ccc(NC(=O)c3ccccc3)cc2)OC1c1ccc(CO)cc1. The zero-order chi connectivity index (χ0) is 28.8. The van der Waals surface area contributed by atoms with Gasteiger partial charge in [0.2, 0.25) is 0 Å². The summed E-state index contributed by atoms with van der Waals surface area (Å²) in [5.41, 5.74) is 4.07. The number of aliphatic hydroxyl groups is 1. The van der Waals surface area contributed by atoms with Crippen LogP contribution in [-0.4, -0.2) is 33.9 Å². The Morgan fingerprint density at radius 1 is 0.829 bits per heavy atom. The molecule has 0 spiro atoms. The maximum Gasteiger partial charge on any atom is 0.336 e. The molecule has 1 amide bonds. The van der Waals surface area contributed by atoms with E-state index in [0.717, 1.165) is 16.7 Å². The van der Waals surface area contributed by atoms with E-state index in [1.165, 1.54) is 11.8 Å². The maximum absolute atomic E-state index is 12.6. The number of carboxylic acid groups (broad SMARTS) is 1. The summed E-state index contributed by atoms with van der Waals surface area (Å²) in [5.74, 6) is -0.669. The minimum absolute atomic E-state index is 0.0392. The maximum atomic E-state index is 12.6. The van der Waals surface area contributed by atoms with Gasteiger partial charge in [-0.25, -0.2) is 4.79 Å². The second kappa shape index (κ2) is 13.1. The van der Waals surface area contributed by atoms with Gasteiger partial charge in [0.05, 0.1) is 24.4 Å². The molecule has 4 atom stereocenters. The number of nitrogens with one attached hydrogen (secondary N) is 1. The fraction of sp³-hybridized carbons (Fsp3) is 0.212. The van der Waals surface area contributed by atoms with E-state index in [-0.39, 0.29) is 36.2 Å². The quantitative estimate of drug-likeness (QED) is 0.192. The number of aliphatic hydroxyl groups excluding tert-OH is 1. The third-order valence-electron chi connectivity index (χ3n) is 7.12. The van der Waals surface area contributed by atoms with Crippen LogP contribution >= 0.6 is 11.8 Å². The van der Waals surface area contributed by atoms with Crippen LogP contribution in [0, 0.1) is 5.92 Å². The molecular formula is C33H31NO6S. The van der Waals surface area contributed by atoms with E-state index in [2.05, 4.69) is 12.2 Å². The first-order chi connectivity index (χ1) is 19.9. The van der Waals surface area contributed by atoms with E-state index in [1.54, 1.807) is 24.3 Å². The minimum Gasteiger partial charge on any atom is -0.478 e. The number of carbonyl (C=O) groups is 2. The number of amides is 1. The highest BCUT2D eigenvalue weighted by atomic mass is 32.2. The molecule has 4 aromatic rings. The first kappa shape index (κ1) is 28.6. The molecule has 0 saturated carbocycles.